The van der Waals surface area contributed by atoms with Crippen LogP contribution in [0.4, 0.5) is 11.4 Å². The van der Waals surface area contributed by atoms with Crippen molar-refractivity contribution in [2.24, 2.45) is 11.8 Å². The minimum Gasteiger partial charge on any atom is -0.461 e. The van der Waals surface area contributed by atoms with E-state index >= 15 is 0 Å². The lowest BCUT2D eigenvalue weighted by Gasteiger charge is -2.40. The van der Waals surface area contributed by atoms with E-state index in [1.54, 1.807) is 13.1 Å². The van der Waals surface area contributed by atoms with Crippen LogP contribution in [0.15, 0.2) is 29.5 Å². The number of nitro benzene ring substituents is 1. The number of amides is 1. The van der Waals surface area contributed by atoms with Gasteiger partial charge in [-0.25, -0.2) is 0 Å². The first-order valence-corrected chi connectivity index (χ1v) is 8.26. The molecule has 0 aromatic heterocycles. The molecule has 26 heavy (non-hydrogen) atoms. The molecule has 1 saturated carbocycles. The van der Waals surface area contributed by atoms with Crippen molar-refractivity contribution in [2.45, 2.75) is 24.9 Å². The molecule has 1 amide bonds. The highest BCUT2D eigenvalue weighted by Gasteiger charge is 2.65. The maximum Gasteiger partial charge on any atom is 0.279 e. The molecule has 8 nitrogen and oxygen atoms in total. The van der Waals surface area contributed by atoms with E-state index in [1.807, 2.05) is 12.1 Å². The number of benzene rings is 1. The van der Waals surface area contributed by atoms with Crippen LogP contribution >= 0.6 is 0 Å². The average Bonchev–Trinajstić information content (AvgIpc) is 3.21. The molecule has 3 aliphatic rings. The lowest BCUT2D eigenvalue weighted by atomic mass is 9.71. The van der Waals surface area contributed by atoms with Crippen LogP contribution in [0.3, 0.4) is 0 Å². The smallest absolute Gasteiger partial charge is 0.279 e. The number of hydrogen-bond donors (Lipinski definition) is 0. The van der Waals surface area contributed by atoms with Crippen LogP contribution in [0.1, 0.15) is 24.8 Å². The number of fused-ring (bicyclic) bond motifs is 4. The minimum atomic E-state index is -1.62. The Morgan fingerprint density at radius 1 is 1.35 bits per heavy atom. The zero-order valence-corrected chi connectivity index (χ0v) is 13.9. The summed E-state index contributed by atoms with van der Waals surface area (Å²) < 4.78 is 5.90. The summed E-state index contributed by atoms with van der Waals surface area (Å²) in [7, 11) is 1.54. The van der Waals surface area contributed by atoms with Gasteiger partial charge in [0.1, 0.15) is 11.6 Å². The zero-order chi connectivity index (χ0) is 18.6. The molecular weight excluding hydrogens is 336 g/mol. The third-order valence-electron chi connectivity index (χ3n) is 5.71. The highest BCUT2D eigenvalue weighted by atomic mass is 16.6. The molecule has 2 heterocycles. The Kier molecular flexibility index (Phi) is 3.28. The molecule has 130 valence electrons. The first kappa shape index (κ1) is 16.1. The number of rotatable bonds is 1. The van der Waals surface area contributed by atoms with Crippen LogP contribution in [0, 0.1) is 44.6 Å². The third kappa shape index (κ3) is 1.73. The van der Waals surface area contributed by atoms with E-state index in [0.717, 1.165) is 6.42 Å². The van der Waals surface area contributed by atoms with Crippen LogP contribution in [0.2, 0.25) is 0 Å². The number of likely N-dealkylation sites (N-methyl/N-ethyl adjacent to an activating group) is 1. The average molecular weight is 350 g/mol. The van der Waals surface area contributed by atoms with Crippen molar-refractivity contribution < 1.29 is 14.5 Å². The molecule has 1 fully saturated rings. The van der Waals surface area contributed by atoms with Crippen LogP contribution in [0.5, 0.6) is 0 Å². The number of carbonyl (C=O) groups excluding carboxylic acids is 1. The van der Waals surface area contributed by atoms with Gasteiger partial charge in [0.05, 0.1) is 22.3 Å². The van der Waals surface area contributed by atoms with Crippen molar-refractivity contribution in [1.82, 2.24) is 0 Å². The maximum absolute atomic E-state index is 13.3. The molecule has 0 N–H and O–H groups in total. The number of allylic oxidation sites excluding steroid dienone is 2. The van der Waals surface area contributed by atoms with Gasteiger partial charge < -0.3 is 9.64 Å². The van der Waals surface area contributed by atoms with Gasteiger partial charge in [-0.3, -0.25) is 14.9 Å². The van der Waals surface area contributed by atoms with Gasteiger partial charge in [-0.1, -0.05) is 12.5 Å². The van der Waals surface area contributed by atoms with Crippen LogP contribution < -0.4 is 4.90 Å². The Labute approximate surface area is 149 Å². The molecule has 1 spiro atoms. The van der Waals surface area contributed by atoms with Crippen LogP contribution in [-0.2, 0) is 15.1 Å². The van der Waals surface area contributed by atoms with Gasteiger partial charge in [0.15, 0.2) is 0 Å². The quantitative estimate of drug-likeness (QED) is 0.567. The van der Waals surface area contributed by atoms with Crippen molar-refractivity contribution in [2.75, 3.05) is 11.9 Å². The molecule has 1 aliphatic carbocycles. The van der Waals surface area contributed by atoms with E-state index in [9.17, 15) is 25.4 Å². The largest absolute Gasteiger partial charge is 0.461 e. The normalized spacial score (nSPS) is 29.0. The molecule has 4 rings (SSSR count). The fourth-order valence-electron chi connectivity index (χ4n) is 4.71. The van der Waals surface area contributed by atoms with Gasteiger partial charge in [-0.05, 0) is 18.9 Å². The summed E-state index contributed by atoms with van der Waals surface area (Å²) in [6.45, 7) is 0. The predicted octanol–water partition coefficient (Wildman–Crippen LogP) is 2.51. The van der Waals surface area contributed by atoms with E-state index in [4.69, 9.17) is 4.74 Å². The molecule has 0 saturated heterocycles. The Hall–Kier alpha value is -3.39. The van der Waals surface area contributed by atoms with Gasteiger partial charge in [-0.2, -0.15) is 10.5 Å². The summed E-state index contributed by atoms with van der Waals surface area (Å²) in [5.41, 5.74) is -0.987. The first-order valence-electron chi connectivity index (χ1n) is 8.26. The number of nitrogens with zero attached hydrogens (tertiary/aromatic N) is 4. The molecule has 2 aliphatic heterocycles. The van der Waals surface area contributed by atoms with Gasteiger partial charge in [0.2, 0.25) is 11.4 Å². The highest BCUT2D eigenvalue weighted by molar-refractivity contribution is 6.08. The fourth-order valence-corrected chi connectivity index (χ4v) is 4.71. The van der Waals surface area contributed by atoms with E-state index in [1.165, 1.54) is 17.0 Å². The molecule has 1 aromatic rings. The Morgan fingerprint density at radius 3 is 2.77 bits per heavy atom. The minimum absolute atomic E-state index is 0.194. The van der Waals surface area contributed by atoms with Crippen molar-refractivity contribution >= 4 is 17.3 Å². The zero-order valence-electron chi connectivity index (χ0n) is 13.9. The first-order chi connectivity index (χ1) is 12.5. The summed E-state index contributed by atoms with van der Waals surface area (Å²) in [4.78, 5) is 25.8. The van der Waals surface area contributed by atoms with Gasteiger partial charge in [-0.15, -0.1) is 0 Å². The highest BCUT2D eigenvalue weighted by Crippen LogP contribution is 2.60. The Morgan fingerprint density at radius 2 is 2.12 bits per heavy atom. The third-order valence-corrected chi connectivity index (χ3v) is 5.71. The van der Waals surface area contributed by atoms with E-state index < -0.39 is 22.3 Å². The summed E-state index contributed by atoms with van der Waals surface area (Å²) in [5, 5.41) is 30.6. The monoisotopic (exact) mass is 350 g/mol. The number of hydrogen-bond acceptors (Lipinski definition) is 6. The fraction of sp³-hybridized carbons (Fsp3) is 0.389. The number of nitro groups is 1. The molecule has 1 aromatic carbocycles. The van der Waals surface area contributed by atoms with E-state index in [0.29, 0.717) is 18.5 Å². The van der Waals surface area contributed by atoms with Gasteiger partial charge >= 0.3 is 0 Å². The molecule has 0 radical (unpaired) electrons. The van der Waals surface area contributed by atoms with Crippen molar-refractivity contribution in [1.29, 1.82) is 10.5 Å². The van der Waals surface area contributed by atoms with Crippen molar-refractivity contribution in [3.8, 4) is 12.1 Å². The lowest BCUT2D eigenvalue weighted by Crippen LogP contribution is -2.50. The van der Waals surface area contributed by atoms with Gasteiger partial charge in [0, 0.05) is 24.9 Å². The SMILES string of the molecule is CN1C(=O)C2(OC(C#N)=C(C#N)C3CCCC32)c2c1cccc2[N+](=O)[O-]. The molecular formula is C18H14N4O4. The van der Waals surface area contributed by atoms with Crippen LogP contribution in [0.25, 0.3) is 0 Å². The van der Waals surface area contributed by atoms with Crippen LogP contribution in [-0.4, -0.2) is 17.9 Å². The molecule has 0 bridgehead atoms. The number of anilines is 1. The van der Waals surface area contributed by atoms with E-state index in [-0.39, 0.29) is 28.5 Å². The van der Waals surface area contributed by atoms with Crippen molar-refractivity contribution in [3.63, 3.8) is 0 Å². The second-order valence-corrected chi connectivity index (χ2v) is 6.74. The summed E-state index contributed by atoms with van der Waals surface area (Å²) in [5.74, 6) is -1.36. The lowest BCUT2D eigenvalue weighted by molar-refractivity contribution is -0.386. The topological polar surface area (TPSA) is 120 Å². The standard InChI is InChI=1S/C18H14N4O4/c1-21-13-6-3-7-14(22(24)25)16(13)18(17(21)23)12-5-2-4-10(12)11(8-19)15(9-20)26-18/h3,6-7,10,12H,2,4-5H2,1H3. The number of ether oxygens (including phenoxy) is 1. The molecule has 8 heteroatoms. The van der Waals surface area contributed by atoms with Gasteiger partial charge in [0.25, 0.3) is 11.6 Å². The number of carbonyl (C=O) groups is 1. The molecule has 3 unspecified atom stereocenters. The summed E-state index contributed by atoms with van der Waals surface area (Å²) in [6.07, 6.45) is 2.01. The summed E-state index contributed by atoms with van der Waals surface area (Å²) in [6, 6.07) is 8.43. The molecule has 3 atom stereocenters. The second kappa shape index (κ2) is 5.30. The number of nitriles is 2. The predicted molar refractivity (Wildman–Crippen MR) is 88.4 cm³/mol. The van der Waals surface area contributed by atoms with Crippen molar-refractivity contribution in [3.05, 3.63) is 45.2 Å². The second-order valence-electron chi connectivity index (χ2n) is 6.74. The Bertz CT molecular complexity index is 970. The summed E-state index contributed by atoms with van der Waals surface area (Å²) >= 11 is 0. The maximum atomic E-state index is 13.3. The van der Waals surface area contributed by atoms with E-state index in [2.05, 4.69) is 0 Å². The Balaban J connectivity index is 2.06.